The quantitative estimate of drug-likeness (QED) is 0.588. The molecule has 2 aromatic rings. The average Bonchev–Trinajstić information content (AvgIpc) is 2.56. The van der Waals surface area contributed by atoms with E-state index in [1.807, 2.05) is 12.1 Å². The van der Waals surface area contributed by atoms with E-state index >= 15 is 0 Å². The molecule has 2 rings (SSSR count). The SMILES string of the molecule is CSc1cc2c(Br)ccc(S)c2s1. The predicted octanol–water partition coefficient (Wildman–Crippen LogP) is 4.67. The second-order valence-corrected chi connectivity index (χ2v) is 6.07. The van der Waals surface area contributed by atoms with E-state index in [1.165, 1.54) is 14.3 Å². The fourth-order valence-electron chi connectivity index (χ4n) is 1.15. The van der Waals surface area contributed by atoms with Crippen LogP contribution in [0.5, 0.6) is 0 Å². The van der Waals surface area contributed by atoms with Crippen LogP contribution in [-0.2, 0) is 0 Å². The summed E-state index contributed by atoms with van der Waals surface area (Å²) in [5, 5.41) is 1.27. The molecule has 0 fully saturated rings. The lowest BCUT2D eigenvalue weighted by Crippen LogP contribution is -1.68. The van der Waals surface area contributed by atoms with Crippen molar-refractivity contribution in [1.29, 1.82) is 0 Å². The van der Waals surface area contributed by atoms with Crippen molar-refractivity contribution in [3.63, 3.8) is 0 Å². The maximum absolute atomic E-state index is 4.43. The van der Waals surface area contributed by atoms with E-state index in [0.29, 0.717) is 0 Å². The fraction of sp³-hybridized carbons (Fsp3) is 0.111. The molecule has 68 valence electrons. The Labute approximate surface area is 99.3 Å². The molecule has 0 unspecified atom stereocenters. The zero-order valence-corrected chi connectivity index (χ0v) is 11.0. The van der Waals surface area contributed by atoms with Gasteiger partial charge in [-0.2, -0.15) is 0 Å². The third kappa shape index (κ3) is 1.77. The minimum Gasteiger partial charge on any atom is -0.142 e. The number of thiophene rings is 1. The first kappa shape index (κ1) is 9.90. The van der Waals surface area contributed by atoms with Crippen molar-refractivity contribution < 1.29 is 0 Å². The van der Waals surface area contributed by atoms with Crippen molar-refractivity contribution in [2.75, 3.05) is 6.26 Å². The van der Waals surface area contributed by atoms with Gasteiger partial charge in [0.05, 0.1) is 4.21 Å². The first-order valence-electron chi connectivity index (χ1n) is 3.67. The molecule has 0 saturated heterocycles. The average molecular weight is 291 g/mol. The third-order valence-corrected chi connectivity index (χ3v) is 5.24. The van der Waals surface area contributed by atoms with Crippen molar-refractivity contribution in [2.24, 2.45) is 0 Å². The standard InChI is InChI=1S/C9H7BrS3/c1-12-8-4-5-6(10)2-3-7(11)9(5)13-8/h2-4,11H,1H3. The fourth-order valence-corrected chi connectivity index (χ4v) is 3.71. The van der Waals surface area contributed by atoms with Gasteiger partial charge in [-0.25, -0.2) is 0 Å². The second-order valence-electron chi connectivity index (χ2n) is 2.58. The van der Waals surface area contributed by atoms with Gasteiger partial charge in [0.2, 0.25) is 0 Å². The predicted molar refractivity (Wildman–Crippen MR) is 68.6 cm³/mol. The van der Waals surface area contributed by atoms with Crippen molar-refractivity contribution in [3.05, 3.63) is 22.7 Å². The van der Waals surface area contributed by atoms with Crippen LogP contribution in [-0.4, -0.2) is 6.26 Å². The van der Waals surface area contributed by atoms with Gasteiger partial charge in [0, 0.05) is 19.5 Å². The molecular formula is C9H7BrS3. The van der Waals surface area contributed by atoms with Crippen molar-refractivity contribution in [1.82, 2.24) is 0 Å². The van der Waals surface area contributed by atoms with E-state index in [2.05, 4.69) is 40.9 Å². The Morgan fingerprint density at radius 1 is 1.46 bits per heavy atom. The first-order valence-corrected chi connectivity index (χ1v) is 6.95. The second kappa shape index (κ2) is 3.85. The zero-order valence-electron chi connectivity index (χ0n) is 6.87. The smallest absolute Gasteiger partial charge is 0.0609 e. The van der Waals surface area contributed by atoms with Crippen LogP contribution in [0.4, 0.5) is 0 Å². The van der Waals surface area contributed by atoms with Crippen LogP contribution in [0, 0.1) is 0 Å². The number of halogens is 1. The van der Waals surface area contributed by atoms with Gasteiger partial charge < -0.3 is 0 Å². The highest BCUT2D eigenvalue weighted by Gasteiger charge is 2.06. The molecule has 0 radical (unpaired) electrons. The summed E-state index contributed by atoms with van der Waals surface area (Å²) in [6.07, 6.45) is 2.09. The molecule has 0 amide bonds. The van der Waals surface area contributed by atoms with E-state index < -0.39 is 0 Å². The van der Waals surface area contributed by atoms with E-state index in [1.54, 1.807) is 23.1 Å². The first-order chi connectivity index (χ1) is 6.22. The zero-order chi connectivity index (χ0) is 9.42. The van der Waals surface area contributed by atoms with Crippen molar-refractivity contribution in [2.45, 2.75) is 9.10 Å². The summed E-state index contributed by atoms with van der Waals surface area (Å²) in [5.41, 5.74) is 0. The Kier molecular flexibility index (Phi) is 2.93. The summed E-state index contributed by atoms with van der Waals surface area (Å²) in [6.45, 7) is 0. The number of thioether (sulfide) groups is 1. The number of benzene rings is 1. The molecule has 1 heterocycles. The van der Waals surface area contributed by atoms with Gasteiger partial charge >= 0.3 is 0 Å². The third-order valence-electron chi connectivity index (χ3n) is 1.79. The van der Waals surface area contributed by atoms with Crippen LogP contribution < -0.4 is 0 Å². The molecule has 0 bridgehead atoms. The summed E-state index contributed by atoms with van der Waals surface area (Å²) >= 11 is 11.5. The van der Waals surface area contributed by atoms with Gasteiger partial charge in [0.15, 0.2) is 0 Å². The highest BCUT2D eigenvalue weighted by molar-refractivity contribution is 9.10. The molecule has 13 heavy (non-hydrogen) atoms. The van der Waals surface area contributed by atoms with Crippen LogP contribution in [0.2, 0.25) is 0 Å². The summed E-state index contributed by atoms with van der Waals surface area (Å²) in [5.74, 6) is 0. The molecule has 0 aliphatic carbocycles. The number of fused-ring (bicyclic) bond motifs is 1. The van der Waals surface area contributed by atoms with Crippen LogP contribution in [0.25, 0.3) is 10.1 Å². The normalized spacial score (nSPS) is 11.0. The molecule has 0 aliphatic heterocycles. The largest absolute Gasteiger partial charge is 0.142 e. The molecule has 1 aromatic heterocycles. The Morgan fingerprint density at radius 3 is 2.85 bits per heavy atom. The minimum absolute atomic E-state index is 1.06. The van der Waals surface area contributed by atoms with Crippen molar-refractivity contribution in [3.8, 4) is 0 Å². The van der Waals surface area contributed by atoms with Crippen LogP contribution >= 0.6 is 51.7 Å². The minimum atomic E-state index is 1.06. The summed E-state index contributed by atoms with van der Waals surface area (Å²) in [6, 6.07) is 6.27. The lowest BCUT2D eigenvalue weighted by Gasteiger charge is -1.95. The van der Waals surface area contributed by atoms with Gasteiger partial charge in [0.25, 0.3) is 0 Å². The van der Waals surface area contributed by atoms with Crippen LogP contribution in [0.3, 0.4) is 0 Å². The Bertz CT molecular complexity index is 408. The number of hydrogen-bond acceptors (Lipinski definition) is 3. The van der Waals surface area contributed by atoms with Crippen molar-refractivity contribution >= 4 is 61.7 Å². The monoisotopic (exact) mass is 290 g/mol. The van der Waals surface area contributed by atoms with E-state index in [9.17, 15) is 0 Å². The summed E-state index contributed by atoms with van der Waals surface area (Å²) < 4.78 is 3.75. The highest BCUT2D eigenvalue weighted by Crippen LogP contribution is 2.38. The molecular weight excluding hydrogens is 284 g/mol. The molecule has 4 heteroatoms. The van der Waals surface area contributed by atoms with Crippen LogP contribution in [0.1, 0.15) is 0 Å². The molecule has 1 aromatic carbocycles. The summed E-state index contributed by atoms with van der Waals surface area (Å²) in [4.78, 5) is 1.06. The molecule has 0 saturated carbocycles. The number of rotatable bonds is 1. The lowest BCUT2D eigenvalue weighted by atomic mass is 10.3. The van der Waals surface area contributed by atoms with Gasteiger partial charge in [-0.05, 0) is 24.5 Å². The van der Waals surface area contributed by atoms with E-state index in [4.69, 9.17) is 0 Å². The number of hydrogen-bond donors (Lipinski definition) is 1. The van der Waals surface area contributed by atoms with Crippen LogP contribution in [0.15, 0.2) is 31.8 Å². The Morgan fingerprint density at radius 2 is 2.23 bits per heavy atom. The molecule has 0 N–H and O–H groups in total. The molecule has 0 spiro atoms. The van der Waals surface area contributed by atoms with Gasteiger partial charge in [-0.1, -0.05) is 15.9 Å². The van der Waals surface area contributed by atoms with E-state index in [-0.39, 0.29) is 0 Å². The molecule has 0 atom stereocenters. The number of thiol groups is 1. The topological polar surface area (TPSA) is 0 Å². The van der Waals surface area contributed by atoms with Gasteiger partial charge in [0.1, 0.15) is 0 Å². The molecule has 0 nitrogen and oxygen atoms in total. The van der Waals surface area contributed by atoms with Gasteiger partial charge in [-0.15, -0.1) is 35.7 Å². The Balaban J connectivity index is 2.80. The maximum Gasteiger partial charge on any atom is 0.0609 e. The summed E-state index contributed by atoms with van der Waals surface area (Å²) in [7, 11) is 0. The lowest BCUT2D eigenvalue weighted by molar-refractivity contribution is 1.58. The molecule has 0 aliphatic rings. The van der Waals surface area contributed by atoms with Gasteiger partial charge in [-0.3, -0.25) is 0 Å². The Hall–Kier alpha value is 0.360. The highest BCUT2D eigenvalue weighted by atomic mass is 79.9. The van der Waals surface area contributed by atoms with E-state index in [0.717, 1.165) is 9.37 Å². The maximum atomic E-state index is 4.43.